The van der Waals surface area contributed by atoms with Crippen molar-refractivity contribution in [3.63, 3.8) is 0 Å². The Morgan fingerprint density at radius 1 is 0.427 bits per heavy atom. The Kier molecular flexibility index (Phi) is 23.1. The first-order valence-electron chi connectivity index (χ1n) is 29.0. The van der Waals surface area contributed by atoms with Crippen molar-refractivity contribution in [2.24, 2.45) is 0 Å². The third-order valence-electron chi connectivity index (χ3n) is 16.7. The van der Waals surface area contributed by atoms with Gasteiger partial charge in [-0.05, 0) is 126 Å². The largest absolute Gasteiger partial charge is 0.493 e. The first-order valence-corrected chi connectivity index (χ1v) is 30.5. The van der Waals surface area contributed by atoms with Crippen LogP contribution in [0.4, 0.5) is 0 Å². The molecule has 0 saturated heterocycles. The summed E-state index contributed by atoms with van der Waals surface area (Å²) in [7, 11) is 16.7. The third-order valence-corrected chi connectivity index (χ3v) is 17.6. The van der Waals surface area contributed by atoms with Crippen LogP contribution < -0.4 is 37.9 Å². The van der Waals surface area contributed by atoms with Crippen LogP contribution in [0, 0.1) is 0 Å². The van der Waals surface area contributed by atoms with Crippen molar-refractivity contribution in [1.82, 2.24) is 0 Å². The number of ether oxygens (including phenoxy) is 12. The van der Waals surface area contributed by atoms with Crippen molar-refractivity contribution in [2.45, 2.75) is 69.2 Å². The van der Waals surface area contributed by atoms with Crippen LogP contribution in [0.5, 0.6) is 46.0 Å². The van der Waals surface area contributed by atoms with E-state index in [-0.39, 0.29) is 78.6 Å². The van der Waals surface area contributed by atoms with E-state index in [1.807, 2.05) is 74.8 Å². The van der Waals surface area contributed by atoms with E-state index in [4.69, 9.17) is 103 Å². The molecule has 0 aliphatic carbocycles. The van der Waals surface area contributed by atoms with Gasteiger partial charge in [0.2, 0.25) is 12.2 Å². The first kappa shape index (κ1) is 67.6. The predicted octanol–water partition coefficient (Wildman–Crippen LogP) is 12.4. The summed E-state index contributed by atoms with van der Waals surface area (Å²) < 4.78 is 70.1. The normalized spacial score (nSPS) is 18.2. The van der Waals surface area contributed by atoms with Gasteiger partial charge in [0.25, 0.3) is 0 Å². The molecule has 0 spiro atoms. The molecule has 0 aromatic heterocycles. The highest BCUT2D eigenvalue weighted by atomic mass is 35.5. The number of nitrogens with zero attached hydrogens (tertiary/aromatic N) is 2. The van der Waals surface area contributed by atoms with Gasteiger partial charge < -0.3 is 65.8 Å². The number of likely N-dealkylation sites (N-methyl/N-ethyl adjacent to an activating group) is 2. The van der Waals surface area contributed by atoms with Crippen LogP contribution in [0.1, 0.15) is 85.4 Å². The zero-order chi connectivity index (χ0) is 64.2. The fraction of sp³-hybridized carbons (Fsp3) is 0.403. The maximum absolute atomic E-state index is 14.5. The molecule has 6 aromatic rings. The monoisotopic (exact) mass is 1300 g/mol. The SMILES string of the molecule is COc1ccc(CC2c3cc(OC)c(OC)cc3CC[N+]2(C)CC(OC(=O)c2cc(Cl)cc(Cl)c2)C(=O)OCCCCCOC(=O)C(C[N+]2(C)CCc3cc(OC)c(OC)cc3C2Cc2ccc(OC)c(OC)c2)OC(=O)c2cc(Cl)cc(Cl)c2)cc1OC. The topological polar surface area (TPSA) is 179 Å². The van der Waals surface area contributed by atoms with Crippen LogP contribution in [0.3, 0.4) is 0 Å². The number of hydrogen-bond acceptors (Lipinski definition) is 16. The molecule has 0 saturated carbocycles. The van der Waals surface area contributed by atoms with E-state index in [1.54, 1.807) is 56.9 Å². The van der Waals surface area contributed by atoms with Crippen LogP contribution in [0.15, 0.2) is 97.1 Å². The smallest absolute Gasteiger partial charge is 0.353 e. The van der Waals surface area contributed by atoms with Gasteiger partial charge in [-0.3, -0.25) is 0 Å². The highest BCUT2D eigenvalue weighted by Crippen LogP contribution is 2.46. The highest BCUT2D eigenvalue weighted by molar-refractivity contribution is 6.35. The average Bonchev–Trinajstić information content (AvgIpc) is 1.04. The lowest BCUT2D eigenvalue weighted by Crippen LogP contribution is -2.57. The zero-order valence-electron chi connectivity index (χ0n) is 51.7. The number of carbonyl (C=O) groups is 4. The van der Waals surface area contributed by atoms with Crippen LogP contribution in [-0.2, 0) is 54.2 Å². The molecule has 0 fully saturated rings. The summed E-state index contributed by atoms with van der Waals surface area (Å²) in [5, 5.41) is 0.843. The average molecular weight is 1310 g/mol. The Morgan fingerprint density at radius 2 is 0.753 bits per heavy atom. The lowest BCUT2D eigenvalue weighted by Gasteiger charge is -2.47. The molecule has 6 atom stereocenters. The van der Waals surface area contributed by atoms with Crippen molar-refractivity contribution < 1.29 is 85.0 Å². The van der Waals surface area contributed by atoms with Gasteiger partial charge in [-0.2, -0.15) is 0 Å². The Hall–Kier alpha value is -7.32. The van der Waals surface area contributed by atoms with Gasteiger partial charge in [0.1, 0.15) is 25.2 Å². The predicted molar refractivity (Wildman–Crippen MR) is 337 cm³/mol. The van der Waals surface area contributed by atoms with Gasteiger partial charge in [0.05, 0.1) is 108 Å². The second kappa shape index (κ2) is 30.5. The van der Waals surface area contributed by atoms with Gasteiger partial charge >= 0.3 is 23.9 Å². The molecule has 0 radical (unpaired) electrons. The van der Waals surface area contributed by atoms with Crippen molar-refractivity contribution in [3.05, 3.63) is 162 Å². The first-order chi connectivity index (χ1) is 42.7. The minimum Gasteiger partial charge on any atom is -0.493 e. The summed E-state index contributed by atoms with van der Waals surface area (Å²) in [4.78, 5) is 57.1. The zero-order valence-corrected chi connectivity index (χ0v) is 54.7. The number of hydrogen-bond donors (Lipinski definition) is 0. The molecule has 22 heteroatoms. The van der Waals surface area contributed by atoms with E-state index in [2.05, 4.69) is 0 Å². The molecule has 8 rings (SSSR count). The maximum atomic E-state index is 14.5. The third kappa shape index (κ3) is 16.4. The fourth-order valence-corrected chi connectivity index (χ4v) is 13.0. The Labute approximate surface area is 539 Å². The molecular formula is C67H76Cl4N2O16+2. The molecule has 89 heavy (non-hydrogen) atoms. The molecule has 6 unspecified atom stereocenters. The van der Waals surface area contributed by atoms with Gasteiger partial charge in [0.15, 0.2) is 46.0 Å². The Bertz CT molecular complexity index is 3260. The molecule has 476 valence electrons. The summed E-state index contributed by atoms with van der Waals surface area (Å²) >= 11 is 25.4. The number of halogens is 4. The number of esters is 4. The lowest BCUT2D eigenvalue weighted by atomic mass is 9.86. The number of methoxy groups -OCH3 is 8. The molecule has 2 aliphatic rings. The number of unbranched alkanes of at least 4 members (excludes halogenated alkanes) is 2. The standard InChI is InChI=1S/C67H76Cl4N2O16/c1-72(20-18-42-32-58(82-7)60(84-9)36-50(42)52(72)24-40-14-16-54(78-3)56(26-40)80-5)38-62(88-64(74)44-28-46(68)34-47(69)29-44)66(76)86-22-12-11-13-23-87-67(77)63(89-65(75)45-30-48(70)35-49(71)31-45)39-73(2)21-19-43-33-59(83-8)61(85-10)37-51(43)53(73)25-41-15-17-55(79-4)57(27-41)81-6/h14-17,26-37,52-53,62-63H,11-13,18-25,38-39H2,1-10H3/q+2. The second-order valence-corrected chi connectivity index (χ2v) is 24.1. The summed E-state index contributed by atoms with van der Waals surface area (Å²) in [6.45, 7) is 0.993. The van der Waals surface area contributed by atoms with E-state index < -0.39 is 36.1 Å². The molecule has 2 heterocycles. The molecule has 18 nitrogen and oxygen atoms in total. The van der Waals surface area contributed by atoms with Crippen LogP contribution in [0.2, 0.25) is 20.1 Å². The summed E-state index contributed by atoms with van der Waals surface area (Å²) in [6, 6.07) is 27.4. The molecule has 2 aliphatic heterocycles. The molecule has 0 amide bonds. The van der Waals surface area contributed by atoms with Crippen LogP contribution in [-0.4, -0.2) is 155 Å². The van der Waals surface area contributed by atoms with E-state index in [0.717, 1.165) is 33.4 Å². The van der Waals surface area contributed by atoms with Crippen LogP contribution in [0.25, 0.3) is 0 Å². The summed E-state index contributed by atoms with van der Waals surface area (Å²) in [5.41, 5.74) is 5.98. The number of quaternary nitrogens is 2. The van der Waals surface area contributed by atoms with E-state index in [0.29, 0.717) is 104 Å². The van der Waals surface area contributed by atoms with Crippen molar-refractivity contribution in [2.75, 3.05) is 110 Å². The van der Waals surface area contributed by atoms with Gasteiger partial charge in [-0.25, -0.2) is 19.2 Å². The minimum absolute atomic E-state index is 0.0147. The van der Waals surface area contributed by atoms with Crippen LogP contribution >= 0.6 is 46.4 Å². The van der Waals surface area contributed by atoms with Crippen molar-refractivity contribution >= 4 is 70.3 Å². The van der Waals surface area contributed by atoms with Gasteiger partial charge in [-0.15, -0.1) is 0 Å². The summed E-state index contributed by atoms with van der Waals surface area (Å²) in [5.74, 6) is 1.34. The quantitative estimate of drug-likeness (QED) is 0.0196. The summed E-state index contributed by atoms with van der Waals surface area (Å²) in [6.07, 6.45) is 0.499. The number of fused-ring (bicyclic) bond motifs is 2. The fourth-order valence-electron chi connectivity index (χ4n) is 11.9. The molecule has 0 bridgehead atoms. The minimum atomic E-state index is -1.40. The van der Waals surface area contributed by atoms with E-state index >= 15 is 0 Å². The number of rotatable bonds is 28. The highest BCUT2D eigenvalue weighted by Gasteiger charge is 2.47. The Balaban J connectivity index is 0.994. The lowest BCUT2D eigenvalue weighted by molar-refractivity contribution is -0.943. The molecular weight excluding hydrogens is 1230 g/mol. The molecule has 0 N–H and O–H groups in total. The van der Waals surface area contributed by atoms with Gasteiger partial charge in [-0.1, -0.05) is 58.5 Å². The van der Waals surface area contributed by atoms with E-state index in [1.165, 1.54) is 36.4 Å². The number of benzene rings is 6. The van der Waals surface area contributed by atoms with Gasteiger partial charge in [0, 0.05) is 56.9 Å². The second-order valence-electron chi connectivity index (χ2n) is 22.4. The maximum Gasteiger partial charge on any atom is 0.353 e. The number of carbonyl (C=O) groups excluding carboxylic acids is 4. The molecule has 6 aromatic carbocycles. The van der Waals surface area contributed by atoms with E-state index in [9.17, 15) is 19.2 Å². The Morgan fingerprint density at radius 3 is 1.09 bits per heavy atom. The van der Waals surface area contributed by atoms with Crippen molar-refractivity contribution in [3.8, 4) is 46.0 Å². The van der Waals surface area contributed by atoms with Crippen molar-refractivity contribution in [1.29, 1.82) is 0 Å².